The van der Waals surface area contributed by atoms with E-state index >= 15 is 0 Å². The molecule has 3 aromatic carbocycles. The highest BCUT2D eigenvalue weighted by Crippen LogP contribution is 2.27. The first kappa shape index (κ1) is 31.2. The topological polar surface area (TPSA) is 96.0 Å². The van der Waals surface area contributed by atoms with Gasteiger partial charge in [0.2, 0.25) is 11.8 Å². The molecule has 0 heterocycles. The molecule has 0 unspecified atom stereocenters. The van der Waals surface area contributed by atoms with Gasteiger partial charge in [0.25, 0.3) is 10.0 Å². The van der Waals surface area contributed by atoms with Gasteiger partial charge in [-0.05, 0) is 81.3 Å². The standard InChI is InChI=1S/C30H36BrN3O5S/c1-5-28(30(36)32-6-2)33(20-23-10-8-9-22(4)19-23)29(35)21-34(25-13-15-26(16-14-25)39-7-3)40(37,38)27-17-11-24(31)12-18-27/h8-19,28H,5-7,20-21H2,1-4H3,(H,32,36)/t28-/m1/s1. The third-order valence-corrected chi connectivity index (χ3v) is 8.61. The monoisotopic (exact) mass is 629 g/mol. The van der Waals surface area contributed by atoms with Crippen molar-refractivity contribution < 1.29 is 22.7 Å². The number of hydrogen-bond acceptors (Lipinski definition) is 5. The van der Waals surface area contributed by atoms with Gasteiger partial charge in [-0.1, -0.05) is 52.7 Å². The summed E-state index contributed by atoms with van der Waals surface area (Å²) in [6, 6.07) is 19.7. The minimum Gasteiger partial charge on any atom is -0.494 e. The molecular weight excluding hydrogens is 594 g/mol. The lowest BCUT2D eigenvalue weighted by atomic mass is 10.1. The van der Waals surface area contributed by atoms with Gasteiger partial charge in [0.1, 0.15) is 18.3 Å². The Morgan fingerprint density at radius 3 is 2.23 bits per heavy atom. The van der Waals surface area contributed by atoms with Crippen LogP contribution in [0.1, 0.15) is 38.3 Å². The van der Waals surface area contributed by atoms with Crippen LogP contribution in [-0.2, 0) is 26.2 Å². The first-order valence-electron chi connectivity index (χ1n) is 13.2. The Morgan fingerprint density at radius 2 is 1.65 bits per heavy atom. The number of halogens is 1. The third-order valence-electron chi connectivity index (χ3n) is 6.29. The molecule has 0 aliphatic rings. The highest BCUT2D eigenvalue weighted by molar-refractivity contribution is 9.10. The molecule has 0 bridgehead atoms. The predicted octanol–water partition coefficient (Wildman–Crippen LogP) is 5.30. The van der Waals surface area contributed by atoms with E-state index in [2.05, 4.69) is 21.2 Å². The Balaban J connectivity index is 2.06. The Hall–Kier alpha value is -3.37. The van der Waals surface area contributed by atoms with Gasteiger partial charge in [0.15, 0.2) is 0 Å². The molecule has 0 spiro atoms. The van der Waals surface area contributed by atoms with Gasteiger partial charge in [0.05, 0.1) is 17.2 Å². The molecule has 1 N–H and O–H groups in total. The number of amides is 2. The molecule has 0 aliphatic heterocycles. The van der Waals surface area contributed by atoms with Crippen molar-refractivity contribution in [2.75, 3.05) is 24.0 Å². The van der Waals surface area contributed by atoms with Crippen LogP contribution in [0.3, 0.4) is 0 Å². The summed E-state index contributed by atoms with van der Waals surface area (Å²) in [6.07, 6.45) is 0.367. The second kappa shape index (κ2) is 14.3. The van der Waals surface area contributed by atoms with Gasteiger partial charge >= 0.3 is 0 Å². The third kappa shape index (κ3) is 7.85. The number of hydrogen-bond donors (Lipinski definition) is 1. The molecule has 10 heteroatoms. The smallest absolute Gasteiger partial charge is 0.264 e. The van der Waals surface area contributed by atoms with Crippen LogP contribution >= 0.6 is 15.9 Å². The predicted molar refractivity (Wildman–Crippen MR) is 161 cm³/mol. The number of rotatable bonds is 13. The maximum atomic E-state index is 14.0. The number of nitrogens with one attached hydrogen (secondary N) is 1. The minimum atomic E-state index is -4.14. The number of carbonyl (C=O) groups is 2. The molecule has 0 aliphatic carbocycles. The van der Waals surface area contributed by atoms with E-state index in [0.29, 0.717) is 31.0 Å². The fraction of sp³-hybridized carbons (Fsp3) is 0.333. The van der Waals surface area contributed by atoms with Gasteiger partial charge in [-0.15, -0.1) is 0 Å². The van der Waals surface area contributed by atoms with E-state index in [1.807, 2.05) is 52.0 Å². The van der Waals surface area contributed by atoms with E-state index in [1.165, 1.54) is 17.0 Å². The average Bonchev–Trinajstić information content (AvgIpc) is 2.92. The number of carbonyl (C=O) groups excluding carboxylic acids is 2. The van der Waals surface area contributed by atoms with Crippen LogP contribution in [0.2, 0.25) is 0 Å². The van der Waals surface area contributed by atoms with Crippen LogP contribution < -0.4 is 14.4 Å². The fourth-order valence-electron chi connectivity index (χ4n) is 4.36. The Kier molecular flexibility index (Phi) is 11.2. The van der Waals surface area contributed by atoms with Crippen LogP contribution in [0.5, 0.6) is 5.75 Å². The molecular formula is C30H36BrN3O5S. The molecule has 214 valence electrons. The average molecular weight is 631 g/mol. The van der Waals surface area contributed by atoms with Crippen molar-refractivity contribution in [2.45, 2.75) is 51.6 Å². The summed E-state index contributed by atoms with van der Waals surface area (Å²) in [5.74, 6) is -0.189. The van der Waals surface area contributed by atoms with Crippen molar-refractivity contribution in [3.8, 4) is 5.75 Å². The summed E-state index contributed by atoms with van der Waals surface area (Å²) in [5.41, 5.74) is 2.17. The van der Waals surface area contributed by atoms with E-state index in [0.717, 1.165) is 19.9 Å². The van der Waals surface area contributed by atoms with Crippen LogP contribution in [0, 0.1) is 6.92 Å². The van der Waals surface area contributed by atoms with Crippen LogP contribution in [0.4, 0.5) is 5.69 Å². The molecule has 0 saturated carbocycles. The molecule has 8 nitrogen and oxygen atoms in total. The Bertz CT molecular complexity index is 1400. The van der Waals surface area contributed by atoms with E-state index < -0.39 is 28.5 Å². The number of anilines is 1. The summed E-state index contributed by atoms with van der Waals surface area (Å²) in [6.45, 7) is 8.01. The molecule has 3 aromatic rings. The molecule has 40 heavy (non-hydrogen) atoms. The van der Waals surface area contributed by atoms with E-state index in [1.54, 1.807) is 36.4 Å². The molecule has 0 radical (unpaired) electrons. The maximum Gasteiger partial charge on any atom is 0.264 e. The number of aryl methyl sites for hydroxylation is 1. The number of ether oxygens (including phenoxy) is 1. The fourth-order valence-corrected chi connectivity index (χ4v) is 6.04. The molecule has 0 saturated heterocycles. The summed E-state index contributed by atoms with van der Waals surface area (Å²) < 4.78 is 35.2. The summed E-state index contributed by atoms with van der Waals surface area (Å²) in [5, 5.41) is 2.81. The molecule has 3 rings (SSSR count). The zero-order chi connectivity index (χ0) is 29.3. The maximum absolute atomic E-state index is 14.0. The molecule has 0 fully saturated rings. The lowest BCUT2D eigenvalue weighted by Gasteiger charge is -2.33. The molecule has 2 amide bonds. The lowest BCUT2D eigenvalue weighted by molar-refractivity contribution is -0.140. The largest absolute Gasteiger partial charge is 0.494 e. The first-order chi connectivity index (χ1) is 19.1. The van der Waals surface area contributed by atoms with Crippen LogP contribution in [0.15, 0.2) is 82.2 Å². The van der Waals surface area contributed by atoms with Crippen molar-refractivity contribution in [1.29, 1.82) is 0 Å². The van der Waals surface area contributed by atoms with Crippen LogP contribution in [0.25, 0.3) is 0 Å². The first-order valence-corrected chi connectivity index (χ1v) is 15.5. The van der Waals surface area contributed by atoms with Crippen molar-refractivity contribution in [2.24, 2.45) is 0 Å². The van der Waals surface area contributed by atoms with Crippen molar-refractivity contribution in [3.05, 3.63) is 88.4 Å². The summed E-state index contributed by atoms with van der Waals surface area (Å²) >= 11 is 3.34. The lowest BCUT2D eigenvalue weighted by Crippen LogP contribution is -2.52. The number of likely N-dealkylation sites (N-methyl/N-ethyl adjacent to an activating group) is 1. The van der Waals surface area contributed by atoms with Gasteiger partial charge < -0.3 is 15.0 Å². The summed E-state index contributed by atoms with van der Waals surface area (Å²) in [4.78, 5) is 28.6. The zero-order valence-electron chi connectivity index (χ0n) is 23.3. The van der Waals surface area contributed by atoms with Crippen molar-refractivity contribution in [1.82, 2.24) is 10.2 Å². The SMILES string of the molecule is CCNC(=O)[C@@H](CC)N(Cc1cccc(C)c1)C(=O)CN(c1ccc(OCC)cc1)S(=O)(=O)c1ccc(Br)cc1. The van der Waals surface area contributed by atoms with Gasteiger partial charge in [-0.25, -0.2) is 8.42 Å². The minimum absolute atomic E-state index is 0.0402. The van der Waals surface area contributed by atoms with Gasteiger partial charge in [-0.2, -0.15) is 0 Å². The number of nitrogens with zero attached hydrogens (tertiary/aromatic N) is 2. The second-order valence-corrected chi connectivity index (χ2v) is 12.0. The zero-order valence-corrected chi connectivity index (χ0v) is 25.7. The van der Waals surface area contributed by atoms with E-state index in [-0.39, 0.29) is 17.3 Å². The number of benzene rings is 3. The second-order valence-electron chi connectivity index (χ2n) is 9.22. The Morgan fingerprint density at radius 1 is 0.975 bits per heavy atom. The number of sulfonamides is 1. The molecule has 0 aromatic heterocycles. The quantitative estimate of drug-likeness (QED) is 0.277. The van der Waals surface area contributed by atoms with E-state index in [4.69, 9.17) is 4.74 Å². The summed E-state index contributed by atoms with van der Waals surface area (Å²) in [7, 11) is -4.14. The highest BCUT2D eigenvalue weighted by atomic mass is 79.9. The van der Waals surface area contributed by atoms with Crippen molar-refractivity contribution >= 4 is 43.5 Å². The van der Waals surface area contributed by atoms with Gasteiger partial charge in [0, 0.05) is 17.6 Å². The van der Waals surface area contributed by atoms with Crippen LogP contribution in [-0.4, -0.2) is 50.9 Å². The van der Waals surface area contributed by atoms with E-state index in [9.17, 15) is 18.0 Å². The Labute approximate surface area is 245 Å². The molecule has 1 atom stereocenters. The highest BCUT2D eigenvalue weighted by Gasteiger charge is 2.33. The van der Waals surface area contributed by atoms with Crippen molar-refractivity contribution in [3.63, 3.8) is 0 Å². The normalized spacial score (nSPS) is 11.9. The van der Waals surface area contributed by atoms with Gasteiger partial charge in [-0.3, -0.25) is 13.9 Å².